The van der Waals surface area contributed by atoms with Crippen LogP contribution in [0.4, 0.5) is 5.69 Å². The van der Waals surface area contributed by atoms with Gasteiger partial charge in [-0.05, 0) is 35.9 Å². The highest BCUT2D eigenvalue weighted by molar-refractivity contribution is 7.98. The van der Waals surface area contributed by atoms with E-state index >= 15 is 0 Å². The summed E-state index contributed by atoms with van der Waals surface area (Å²) < 4.78 is 10.9. The predicted octanol–water partition coefficient (Wildman–Crippen LogP) is 5.57. The van der Waals surface area contributed by atoms with E-state index in [-0.39, 0.29) is 0 Å². The van der Waals surface area contributed by atoms with Gasteiger partial charge in [0.25, 0.3) is 11.1 Å². The lowest BCUT2D eigenvalue weighted by atomic mass is 10.1. The van der Waals surface area contributed by atoms with Gasteiger partial charge in [0.2, 0.25) is 0 Å². The number of oxazole rings is 1. The summed E-state index contributed by atoms with van der Waals surface area (Å²) in [5.41, 5.74) is 3.09. The Morgan fingerprint density at radius 2 is 1.74 bits per heavy atom. The summed E-state index contributed by atoms with van der Waals surface area (Å²) in [7, 11) is 0. The van der Waals surface area contributed by atoms with Crippen molar-refractivity contribution >= 4 is 52.0 Å². The number of carbonyl (C=O) groups excluding carboxylic acids is 2. The van der Waals surface area contributed by atoms with Crippen LogP contribution >= 0.6 is 23.4 Å². The molecule has 0 aliphatic heterocycles. The molecule has 0 saturated heterocycles. The highest BCUT2D eigenvalue weighted by atomic mass is 35.5. The van der Waals surface area contributed by atoms with E-state index in [2.05, 4.69) is 10.3 Å². The van der Waals surface area contributed by atoms with Gasteiger partial charge < -0.3 is 14.5 Å². The number of nitrogens with zero attached hydrogens (tertiary/aromatic N) is 1. The van der Waals surface area contributed by atoms with Gasteiger partial charge in [0.05, 0.1) is 16.3 Å². The van der Waals surface area contributed by atoms with Crippen molar-refractivity contribution in [3.63, 3.8) is 0 Å². The summed E-state index contributed by atoms with van der Waals surface area (Å²) in [5, 5.41) is 3.54. The first-order valence-electron chi connectivity index (χ1n) is 9.38. The molecule has 0 unspecified atom stereocenters. The SMILES string of the molecule is O=C(COC(=O)c1ccccc1CSc1nc2ccccc2o1)Nc1ccccc1Cl. The van der Waals surface area contributed by atoms with Gasteiger partial charge in [-0.15, -0.1) is 0 Å². The number of para-hydroxylation sites is 3. The van der Waals surface area contributed by atoms with E-state index in [0.29, 0.717) is 32.8 Å². The van der Waals surface area contributed by atoms with Crippen molar-refractivity contribution in [1.82, 2.24) is 4.98 Å². The van der Waals surface area contributed by atoms with Crippen molar-refractivity contribution in [2.45, 2.75) is 11.0 Å². The Morgan fingerprint density at radius 3 is 2.58 bits per heavy atom. The van der Waals surface area contributed by atoms with Crippen molar-refractivity contribution < 1.29 is 18.7 Å². The average Bonchev–Trinajstić information content (AvgIpc) is 3.21. The normalized spacial score (nSPS) is 10.7. The number of halogens is 1. The van der Waals surface area contributed by atoms with Crippen LogP contribution in [0.25, 0.3) is 11.1 Å². The number of amides is 1. The predicted molar refractivity (Wildman–Crippen MR) is 120 cm³/mol. The number of benzene rings is 3. The summed E-state index contributed by atoms with van der Waals surface area (Å²) in [6, 6.07) is 21.4. The molecule has 8 heteroatoms. The molecule has 0 saturated carbocycles. The fraction of sp³-hybridized carbons (Fsp3) is 0.0870. The second kappa shape index (κ2) is 9.68. The van der Waals surface area contributed by atoms with Crippen LogP contribution in [0.1, 0.15) is 15.9 Å². The number of nitrogens with one attached hydrogen (secondary N) is 1. The highest BCUT2D eigenvalue weighted by Crippen LogP contribution is 2.27. The third-order valence-corrected chi connectivity index (χ3v) is 5.55. The van der Waals surface area contributed by atoms with Gasteiger partial charge in [0.15, 0.2) is 12.2 Å². The molecule has 4 rings (SSSR count). The van der Waals surface area contributed by atoms with Crippen molar-refractivity contribution in [2.75, 3.05) is 11.9 Å². The number of hydrogen-bond donors (Lipinski definition) is 1. The van der Waals surface area contributed by atoms with E-state index < -0.39 is 18.5 Å². The second-order valence-electron chi connectivity index (χ2n) is 6.50. The Labute approximate surface area is 187 Å². The largest absolute Gasteiger partial charge is 0.452 e. The quantitative estimate of drug-likeness (QED) is 0.291. The number of aromatic nitrogens is 1. The monoisotopic (exact) mass is 452 g/mol. The fourth-order valence-corrected chi connectivity index (χ4v) is 3.88. The maximum Gasteiger partial charge on any atom is 0.338 e. The lowest BCUT2D eigenvalue weighted by Gasteiger charge is -2.10. The molecule has 1 heterocycles. The molecule has 6 nitrogen and oxygen atoms in total. The zero-order chi connectivity index (χ0) is 21.6. The van der Waals surface area contributed by atoms with Gasteiger partial charge in [-0.25, -0.2) is 9.78 Å². The van der Waals surface area contributed by atoms with E-state index in [9.17, 15) is 9.59 Å². The third kappa shape index (κ3) is 5.25. The Kier molecular flexibility index (Phi) is 6.54. The Balaban J connectivity index is 1.37. The lowest BCUT2D eigenvalue weighted by molar-refractivity contribution is -0.119. The van der Waals surface area contributed by atoms with Gasteiger partial charge in [0, 0.05) is 5.75 Å². The van der Waals surface area contributed by atoms with E-state index in [1.165, 1.54) is 11.8 Å². The van der Waals surface area contributed by atoms with Crippen LogP contribution in [-0.2, 0) is 15.3 Å². The van der Waals surface area contributed by atoms with E-state index in [4.69, 9.17) is 20.8 Å². The zero-order valence-electron chi connectivity index (χ0n) is 16.2. The van der Waals surface area contributed by atoms with Crippen LogP contribution in [0.5, 0.6) is 0 Å². The molecular weight excluding hydrogens is 436 g/mol. The van der Waals surface area contributed by atoms with Crippen LogP contribution in [0.15, 0.2) is 82.4 Å². The molecule has 31 heavy (non-hydrogen) atoms. The van der Waals surface area contributed by atoms with Gasteiger partial charge in [-0.3, -0.25) is 4.79 Å². The summed E-state index contributed by atoms with van der Waals surface area (Å²) in [6.07, 6.45) is 0. The molecular formula is C23H17ClN2O4S. The van der Waals surface area contributed by atoms with Crippen molar-refractivity contribution in [3.8, 4) is 0 Å². The van der Waals surface area contributed by atoms with Crippen LogP contribution < -0.4 is 5.32 Å². The van der Waals surface area contributed by atoms with Crippen molar-refractivity contribution in [1.29, 1.82) is 0 Å². The smallest absolute Gasteiger partial charge is 0.338 e. The molecule has 0 atom stereocenters. The minimum atomic E-state index is -0.580. The molecule has 0 bridgehead atoms. The standard InChI is InChI=1S/C23H17ClN2O4S/c24-17-9-3-4-10-18(17)25-21(27)13-29-22(28)16-8-2-1-7-15(16)14-31-23-26-19-11-5-6-12-20(19)30-23/h1-12H,13-14H2,(H,25,27). The third-order valence-electron chi connectivity index (χ3n) is 4.34. The molecule has 1 aromatic heterocycles. The molecule has 1 N–H and O–H groups in total. The van der Waals surface area contributed by atoms with Gasteiger partial charge in [-0.2, -0.15) is 0 Å². The molecule has 0 fully saturated rings. The molecule has 0 aliphatic rings. The second-order valence-corrected chi connectivity index (χ2v) is 7.83. The van der Waals surface area contributed by atoms with Gasteiger partial charge in [0.1, 0.15) is 5.52 Å². The van der Waals surface area contributed by atoms with E-state index in [0.717, 1.165) is 11.1 Å². The highest BCUT2D eigenvalue weighted by Gasteiger charge is 2.16. The van der Waals surface area contributed by atoms with E-state index in [1.807, 2.05) is 36.4 Å². The Morgan fingerprint density at radius 1 is 1.00 bits per heavy atom. The van der Waals surface area contributed by atoms with E-state index in [1.54, 1.807) is 36.4 Å². The molecule has 1 amide bonds. The van der Waals surface area contributed by atoms with Crippen molar-refractivity contribution in [2.24, 2.45) is 0 Å². The summed E-state index contributed by atoms with van der Waals surface area (Å²) in [4.78, 5) is 29.1. The number of thioether (sulfide) groups is 1. The van der Waals surface area contributed by atoms with Crippen LogP contribution in [0.2, 0.25) is 5.02 Å². The first-order chi connectivity index (χ1) is 15.1. The maximum absolute atomic E-state index is 12.6. The number of ether oxygens (including phenoxy) is 1. The van der Waals surface area contributed by atoms with Crippen LogP contribution in [0.3, 0.4) is 0 Å². The molecule has 4 aromatic rings. The number of carbonyl (C=O) groups is 2. The van der Waals surface area contributed by atoms with Crippen molar-refractivity contribution in [3.05, 3.63) is 88.9 Å². The number of esters is 1. The summed E-state index contributed by atoms with van der Waals surface area (Å²) >= 11 is 7.40. The number of fused-ring (bicyclic) bond motifs is 1. The zero-order valence-corrected chi connectivity index (χ0v) is 17.8. The summed E-state index contributed by atoms with van der Waals surface area (Å²) in [5.74, 6) is -0.591. The average molecular weight is 453 g/mol. The molecule has 0 radical (unpaired) electrons. The topological polar surface area (TPSA) is 81.4 Å². The fourth-order valence-electron chi connectivity index (χ4n) is 2.86. The first kappa shape index (κ1) is 21.0. The molecule has 3 aromatic carbocycles. The minimum Gasteiger partial charge on any atom is -0.452 e. The lowest BCUT2D eigenvalue weighted by Crippen LogP contribution is -2.21. The maximum atomic E-state index is 12.6. The van der Waals surface area contributed by atoms with Gasteiger partial charge in [-0.1, -0.05) is 65.8 Å². The molecule has 0 spiro atoms. The summed E-state index contributed by atoms with van der Waals surface area (Å²) in [6.45, 7) is -0.420. The number of rotatable bonds is 7. The number of anilines is 1. The first-order valence-corrected chi connectivity index (χ1v) is 10.7. The van der Waals surface area contributed by atoms with Gasteiger partial charge >= 0.3 is 5.97 Å². The van der Waals surface area contributed by atoms with Crippen LogP contribution in [0, 0.1) is 0 Å². The minimum absolute atomic E-state index is 0.386. The van der Waals surface area contributed by atoms with Crippen LogP contribution in [-0.4, -0.2) is 23.5 Å². The molecule has 0 aliphatic carbocycles. The molecule has 156 valence electrons. The number of hydrogen-bond acceptors (Lipinski definition) is 6. The Hall–Kier alpha value is -3.29. The Bertz CT molecular complexity index is 1210.